The lowest BCUT2D eigenvalue weighted by molar-refractivity contribution is -0.384. The van der Waals surface area contributed by atoms with Crippen LogP contribution in [0.15, 0.2) is 28.5 Å². The number of nitro benzene ring substituents is 1. The zero-order valence-electron chi connectivity index (χ0n) is 10.6. The van der Waals surface area contributed by atoms with E-state index in [0.717, 1.165) is 6.07 Å². The third-order valence-corrected chi connectivity index (χ3v) is 2.08. The summed E-state index contributed by atoms with van der Waals surface area (Å²) in [5.41, 5.74) is 2.54. The van der Waals surface area contributed by atoms with E-state index in [1.807, 2.05) is 0 Å². The average molecular weight is 277 g/mol. The van der Waals surface area contributed by atoms with Crippen LogP contribution in [0.5, 0.6) is 0 Å². The Morgan fingerprint density at radius 1 is 1.60 bits per heavy atom. The number of nitrogens with one attached hydrogen (secondary N) is 1. The van der Waals surface area contributed by atoms with E-state index in [0.29, 0.717) is 0 Å². The molecule has 0 unspecified atom stereocenters. The van der Waals surface area contributed by atoms with Crippen molar-refractivity contribution in [2.45, 2.75) is 6.92 Å². The van der Waals surface area contributed by atoms with Crippen molar-refractivity contribution in [2.75, 3.05) is 18.6 Å². The van der Waals surface area contributed by atoms with E-state index in [9.17, 15) is 14.9 Å². The van der Waals surface area contributed by atoms with Gasteiger partial charge in [0.25, 0.3) is 5.69 Å². The maximum absolute atomic E-state index is 11.0. The van der Waals surface area contributed by atoms with Crippen LogP contribution in [0.1, 0.15) is 12.5 Å². The number of anilines is 1. The second-order valence-electron chi connectivity index (χ2n) is 3.42. The van der Waals surface area contributed by atoms with Gasteiger partial charge in [0.15, 0.2) is 6.54 Å². The number of hydrogen-bond donors (Lipinski definition) is 1. The highest BCUT2D eigenvalue weighted by molar-refractivity contribution is 5.71. The van der Waals surface area contributed by atoms with Gasteiger partial charge in [0.2, 0.25) is 0 Å². The normalized spacial score (nSPS) is 10.0. The minimum atomic E-state index is -0.604. The molecule has 0 spiro atoms. The number of nitro groups is 1. The Morgan fingerprint density at radius 3 is 2.95 bits per heavy atom. The molecule has 1 aromatic carbocycles. The molecule has 0 saturated heterocycles. The van der Waals surface area contributed by atoms with Crippen molar-refractivity contribution in [3.05, 3.63) is 33.9 Å². The standard InChI is InChI=1S/C11H11N5O4/c1-2-20-11(17)7-13-15-14-10-4-3-9(16(18)19)5-8(10)6-12/h3-5H,2,7H2,1H3,(H,13,14). The summed E-state index contributed by atoms with van der Waals surface area (Å²) in [5.74, 6) is -0.526. The molecule has 0 amide bonds. The SMILES string of the molecule is CCOC(=O)CN=NNc1ccc([N+](=O)[O-])cc1C#N. The van der Waals surface area contributed by atoms with Crippen LogP contribution in [0.2, 0.25) is 0 Å². The van der Waals surface area contributed by atoms with Crippen molar-refractivity contribution in [1.82, 2.24) is 0 Å². The van der Waals surface area contributed by atoms with Gasteiger partial charge in [0.05, 0.1) is 22.8 Å². The molecule has 9 nitrogen and oxygen atoms in total. The Hall–Kier alpha value is -3.02. The summed E-state index contributed by atoms with van der Waals surface area (Å²) >= 11 is 0. The molecule has 20 heavy (non-hydrogen) atoms. The van der Waals surface area contributed by atoms with E-state index in [4.69, 9.17) is 5.26 Å². The van der Waals surface area contributed by atoms with Gasteiger partial charge in [-0.3, -0.25) is 15.5 Å². The van der Waals surface area contributed by atoms with Crippen molar-refractivity contribution < 1.29 is 14.5 Å². The molecule has 0 fully saturated rings. The smallest absolute Gasteiger partial charge is 0.329 e. The molecule has 0 atom stereocenters. The van der Waals surface area contributed by atoms with Gasteiger partial charge in [-0.1, -0.05) is 5.22 Å². The molecule has 104 valence electrons. The summed E-state index contributed by atoms with van der Waals surface area (Å²) in [7, 11) is 0. The van der Waals surface area contributed by atoms with Gasteiger partial charge < -0.3 is 4.74 Å². The highest BCUT2D eigenvalue weighted by atomic mass is 16.6. The van der Waals surface area contributed by atoms with Gasteiger partial charge >= 0.3 is 5.97 Å². The molecule has 1 aromatic rings. The van der Waals surface area contributed by atoms with E-state index < -0.39 is 10.9 Å². The van der Waals surface area contributed by atoms with Crippen LogP contribution in [0.4, 0.5) is 11.4 Å². The molecular weight excluding hydrogens is 266 g/mol. The minimum Gasteiger partial charge on any atom is -0.465 e. The monoisotopic (exact) mass is 277 g/mol. The van der Waals surface area contributed by atoms with E-state index >= 15 is 0 Å². The first-order chi connectivity index (χ1) is 9.58. The minimum absolute atomic E-state index is 0.0503. The van der Waals surface area contributed by atoms with Crippen molar-refractivity contribution >= 4 is 17.3 Å². The number of esters is 1. The van der Waals surface area contributed by atoms with Gasteiger partial charge in [-0.25, -0.2) is 4.79 Å². The first-order valence-corrected chi connectivity index (χ1v) is 5.55. The summed E-state index contributed by atoms with van der Waals surface area (Å²) in [6.45, 7) is 1.67. The van der Waals surface area contributed by atoms with Crippen LogP contribution in [0, 0.1) is 21.4 Å². The quantitative estimate of drug-likeness (QED) is 0.365. The molecule has 9 heteroatoms. The first-order valence-electron chi connectivity index (χ1n) is 5.55. The Balaban J connectivity index is 2.69. The molecule has 0 bridgehead atoms. The fraction of sp³-hybridized carbons (Fsp3) is 0.273. The first kappa shape index (κ1) is 15.0. The number of ether oxygens (including phenoxy) is 1. The van der Waals surface area contributed by atoms with E-state index in [-0.39, 0.29) is 30.1 Å². The lowest BCUT2D eigenvalue weighted by Crippen LogP contribution is -2.07. The van der Waals surface area contributed by atoms with Crippen molar-refractivity contribution in [3.63, 3.8) is 0 Å². The summed E-state index contributed by atoms with van der Waals surface area (Å²) in [6, 6.07) is 5.47. The second kappa shape index (κ2) is 7.42. The molecule has 1 N–H and O–H groups in total. The van der Waals surface area contributed by atoms with Gasteiger partial charge in [-0.15, -0.1) is 0 Å². The van der Waals surface area contributed by atoms with Crippen molar-refractivity contribution in [1.29, 1.82) is 5.26 Å². The number of nitrogens with zero attached hydrogens (tertiary/aromatic N) is 4. The topological polar surface area (TPSA) is 130 Å². The number of nitriles is 1. The average Bonchev–Trinajstić information content (AvgIpc) is 2.43. The third kappa shape index (κ3) is 4.34. The Bertz CT molecular complexity index is 579. The van der Waals surface area contributed by atoms with Crippen molar-refractivity contribution in [2.24, 2.45) is 10.3 Å². The fourth-order valence-electron chi connectivity index (χ4n) is 1.22. The maximum Gasteiger partial charge on any atom is 0.329 e. The lowest BCUT2D eigenvalue weighted by Gasteiger charge is -2.01. The Labute approximate surface area is 114 Å². The van der Waals surface area contributed by atoms with Gasteiger partial charge in [0.1, 0.15) is 6.07 Å². The number of carbonyl (C=O) groups is 1. The van der Waals surface area contributed by atoms with Gasteiger partial charge in [-0.2, -0.15) is 10.4 Å². The summed E-state index contributed by atoms with van der Waals surface area (Å²) < 4.78 is 4.63. The number of carbonyl (C=O) groups excluding carboxylic acids is 1. The highest BCUT2D eigenvalue weighted by Crippen LogP contribution is 2.21. The highest BCUT2D eigenvalue weighted by Gasteiger charge is 2.10. The fourth-order valence-corrected chi connectivity index (χ4v) is 1.22. The van der Waals surface area contributed by atoms with Gasteiger partial charge in [-0.05, 0) is 13.0 Å². The predicted octanol–water partition coefficient (Wildman–Crippen LogP) is 1.81. The van der Waals surface area contributed by atoms with Crippen LogP contribution < -0.4 is 5.43 Å². The van der Waals surface area contributed by atoms with Crippen LogP contribution in [0.25, 0.3) is 0 Å². The van der Waals surface area contributed by atoms with E-state index in [1.165, 1.54) is 12.1 Å². The molecule has 0 radical (unpaired) electrons. The molecule has 0 aliphatic heterocycles. The molecule has 0 aromatic heterocycles. The summed E-state index contributed by atoms with van der Waals surface area (Å²) in [5, 5.41) is 26.5. The molecule has 0 aliphatic carbocycles. The zero-order chi connectivity index (χ0) is 15.0. The molecule has 0 saturated carbocycles. The van der Waals surface area contributed by atoms with E-state index in [2.05, 4.69) is 20.5 Å². The number of non-ortho nitro benzene ring substituents is 1. The van der Waals surface area contributed by atoms with Crippen LogP contribution in [-0.2, 0) is 9.53 Å². The third-order valence-electron chi connectivity index (χ3n) is 2.08. The van der Waals surface area contributed by atoms with Gasteiger partial charge in [0, 0.05) is 12.1 Å². The number of benzene rings is 1. The van der Waals surface area contributed by atoms with E-state index in [1.54, 1.807) is 13.0 Å². The Morgan fingerprint density at radius 2 is 2.35 bits per heavy atom. The summed E-state index contributed by atoms with van der Waals surface area (Å²) in [6.07, 6.45) is 0. The molecule has 0 heterocycles. The molecular formula is C11H11N5O4. The van der Waals surface area contributed by atoms with Crippen LogP contribution in [0.3, 0.4) is 0 Å². The second-order valence-corrected chi connectivity index (χ2v) is 3.42. The molecule has 1 rings (SSSR count). The van der Waals surface area contributed by atoms with Crippen LogP contribution >= 0.6 is 0 Å². The molecule has 0 aliphatic rings. The predicted molar refractivity (Wildman–Crippen MR) is 67.8 cm³/mol. The largest absolute Gasteiger partial charge is 0.465 e. The number of hydrogen-bond acceptors (Lipinski definition) is 7. The maximum atomic E-state index is 11.0. The zero-order valence-corrected chi connectivity index (χ0v) is 10.6. The number of rotatable bonds is 6. The summed E-state index contributed by atoms with van der Waals surface area (Å²) in [4.78, 5) is 20.9. The Kier molecular flexibility index (Phi) is 5.58. The van der Waals surface area contributed by atoms with Crippen molar-refractivity contribution in [3.8, 4) is 6.07 Å². The van der Waals surface area contributed by atoms with Crippen LogP contribution in [-0.4, -0.2) is 24.0 Å². The lowest BCUT2D eigenvalue weighted by atomic mass is 10.2.